The van der Waals surface area contributed by atoms with Crippen molar-refractivity contribution in [3.05, 3.63) is 57.0 Å². The van der Waals surface area contributed by atoms with Crippen LogP contribution >= 0.6 is 27.5 Å². The van der Waals surface area contributed by atoms with Gasteiger partial charge in [-0.2, -0.15) is 0 Å². The number of anilines is 1. The van der Waals surface area contributed by atoms with E-state index in [1.54, 1.807) is 6.07 Å². The number of benzene rings is 1. The van der Waals surface area contributed by atoms with Crippen LogP contribution in [0.15, 0.2) is 34.9 Å². The van der Waals surface area contributed by atoms with E-state index in [-0.39, 0.29) is 16.4 Å². The van der Waals surface area contributed by atoms with Crippen molar-refractivity contribution in [3.63, 3.8) is 0 Å². The Kier molecular flexibility index (Phi) is 4.82. The third-order valence-electron chi connectivity index (χ3n) is 3.58. The highest BCUT2D eigenvalue weighted by molar-refractivity contribution is 9.10. The van der Waals surface area contributed by atoms with Crippen LogP contribution < -0.4 is 10.6 Å². The number of amides is 3. The van der Waals surface area contributed by atoms with Crippen LogP contribution in [-0.2, 0) is 0 Å². The minimum absolute atomic E-state index is 0.0859. The molecule has 3 amide bonds. The summed E-state index contributed by atoms with van der Waals surface area (Å²) in [5.74, 6) is -1.17. The number of carbonyl (C=O) groups is 2. The molecule has 1 heterocycles. The SMILES string of the molecule is O=C(NC(=O)c1cc(Br)c(C2CC2)cc1F)Nc1cccnc1Cl. The topological polar surface area (TPSA) is 71.1 Å². The summed E-state index contributed by atoms with van der Waals surface area (Å²) in [6.07, 6.45) is 3.49. The lowest BCUT2D eigenvalue weighted by Crippen LogP contribution is -2.35. The normalized spacial score (nSPS) is 13.5. The zero-order chi connectivity index (χ0) is 17.3. The van der Waals surface area contributed by atoms with Crippen LogP contribution in [0.5, 0.6) is 0 Å². The van der Waals surface area contributed by atoms with Crippen LogP contribution in [-0.4, -0.2) is 16.9 Å². The summed E-state index contributed by atoms with van der Waals surface area (Å²) in [5.41, 5.74) is 0.879. The molecule has 0 aliphatic heterocycles. The van der Waals surface area contributed by atoms with Gasteiger partial charge in [0.15, 0.2) is 5.15 Å². The molecule has 1 saturated carbocycles. The van der Waals surface area contributed by atoms with Crippen LogP contribution in [0.25, 0.3) is 0 Å². The lowest BCUT2D eigenvalue weighted by Gasteiger charge is -2.10. The van der Waals surface area contributed by atoms with E-state index >= 15 is 0 Å². The van der Waals surface area contributed by atoms with E-state index in [2.05, 4.69) is 31.5 Å². The Morgan fingerprint density at radius 3 is 2.75 bits per heavy atom. The number of urea groups is 1. The highest BCUT2D eigenvalue weighted by Gasteiger charge is 2.28. The molecule has 0 bridgehead atoms. The molecule has 124 valence electrons. The summed E-state index contributed by atoms with van der Waals surface area (Å²) in [4.78, 5) is 27.8. The van der Waals surface area contributed by atoms with Gasteiger partial charge in [0.25, 0.3) is 5.91 Å². The minimum Gasteiger partial charge on any atom is -0.305 e. The quantitative estimate of drug-likeness (QED) is 0.730. The summed E-state index contributed by atoms with van der Waals surface area (Å²) in [5, 5.41) is 4.54. The van der Waals surface area contributed by atoms with Crippen molar-refractivity contribution in [3.8, 4) is 0 Å². The molecule has 1 aliphatic rings. The highest BCUT2D eigenvalue weighted by Crippen LogP contribution is 2.43. The minimum atomic E-state index is -0.840. The molecule has 24 heavy (non-hydrogen) atoms. The largest absolute Gasteiger partial charge is 0.326 e. The summed E-state index contributed by atoms with van der Waals surface area (Å²) in [6.45, 7) is 0. The second kappa shape index (κ2) is 6.86. The van der Waals surface area contributed by atoms with Crippen molar-refractivity contribution in [1.29, 1.82) is 0 Å². The number of imide groups is 1. The monoisotopic (exact) mass is 411 g/mol. The molecule has 2 aromatic rings. The van der Waals surface area contributed by atoms with Gasteiger partial charge in [0.05, 0.1) is 11.3 Å². The molecule has 2 N–H and O–H groups in total. The van der Waals surface area contributed by atoms with Crippen LogP contribution in [0, 0.1) is 5.82 Å². The number of pyridine rings is 1. The molecule has 1 aromatic carbocycles. The summed E-state index contributed by atoms with van der Waals surface area (Å²) in [7, 11) is 0. The number of aromatic nitrogens is 1. The molecule has 0 saturated heterocycles. The van der Waals surface area contributed by atoms with Crippen molar-refractivity contribution in [2.75, 3.05) is 5.32 Å². The third kappa shape index (κ3) is 3.73. The maximum atomic E-state index is 14.2. The fraction of sp³-hybridized carbons (Fsp3) is 0.188. The second-order valence-corrected chi connectivity index (χ2v) is 6.59. The van der Waals surface area contributed by atoms with E-state index in [4.69, 9.17) is 11.6 Å². The van der Waals surface area contributed by atoms with Gasteiger partial charge < -0.3 is 5.32 Å². The first-order chi connectivity index (χ1) is 11.5. The number of carbonyl (C=O) groups excluding carboxylic acids is 2. The van der Waals surface area contributed by atoms with Crippen molar-refractivity contribution >= 4 is 45.2 Å². The predicted molar refractivity (Wildman–Crippen MR) is 91.8 cm³/mol. The van der Waals surface area contributed by atoms with Crippen molar-refractivity contribution in [1.82, 2.24) is 10.3 Å². The predicted octanol–water partition coefficient (Wildman–Crippen LogP) is 4.48. The van der Waals surface area contributed by atoms with Gasteiger partial charge in [-0.15, -0.1) is 0 Å². The first-order valence-electron chi connectivity index (χ1n) is 7.17. The van der Waals surface area contributed by atoms with E-state index < -0.39 is 17.8 Å². The van der Waals surface area contributed by atoms with Crippen LogP contribution in [0.4, 0.5) is 14.9 Å². The zero-order valence-electron chi connectivity index (χ0n) is 12.3. The number of nitrogens with one attached hydrogen (secondary N) is 2. The van der Waals surface area contributed by atoms with Gasteiger partial charge in [-0.25, -0.2) is 14.2 Å². The molecule has 3 rings (SSSR count). The number of hydrogen-bond acceptors (Lipinski definition) is 3. The fourth-order valence-corrected chi connectivity index (χ4v) is 3.08. The smallest absolute Gasteiger partial charge is 0.305 e. The molecule has 5 nitrogen and oxygen atoms in total. The average Bonchev–Trinajstić information content (AvgIpc) is 3.36. The zero-order valence-corrected chi connectivity index (χ0v) is 14.6. The van der Waals surface area contributed by atoms with Crippen molar-refractivity contribution < 1.29 is 14.0 Å². The maximum Gasteiger partial charge on any atom is 0.326 e. The van der Waals surface area contributed by atoms with Crippen molar-refractivity contribution in [2.24, 2.45) is 0 Å². The van der Waals surface area contributed by atoms with E-state index in [0.29, 0.717) is 10.4 Å². The third-order valence-corrected chi connectivity index (χ3v) is 4.57. The van der Waals surface area contributed by atoms with Crippen LogP contribution in [0.2, 0.25) is 5.15 Å². The lowest BCUT2D eigenvalue weighted by atomic mass is 10.1. The number of hydrogen-bond donors (Lipinski definition) is 2. The molecular formula is C16H12BrClFN3O2. The van der Waals surface area contributed by atoms with Crippen LogP contribution in [0.3, 0.4) is 0 Å². The molecule has 1 aromatic heterocycles. The first kappa shape index (κ1) is 16.9. The van der Waals surface area contributed by atoms with Crippen molar-refractivity contribution in [2.45, 2.75) is 18.8 Å². The Morgan fingerprint density at radius 1 is 1.33 bits per heavy atom. The van der Waals surface area contributed by atoms with E-state index in [1.807, 2.05) is 0 Å². The standard InChI is InChI=1S/C16H12BrClFN3O2/c17-11-6-10(12(19)7-9(11)8-3-4-8)15(23)22-16(24)21-13-2-1-5-20-14(13)18/h1-2,5-8H,3-4H2,(H2,21,22,23,24). The number of nitrogens with zero attached hydrogens (tertiary/aromatic N) is 1. The fourth-order valence-electron chi connectivity index (χ4n) is 2.25. The van der Waals surface area contributed by atoms with Crippen LogP contribution in [0.1, 0.15) is 34.7 Å². The second-order valence-electron chi connectivity index (χ2n) is 5.38. The average molecular weight is 413 g/mol. The Bertz CT molecular complexity index is 827. The van der Waals surface area contributed by atoms with E-state index in [1.165, 1.54) is 24.4 Å². The number of halogens is 3. The first-order valence-corrected chi connectivity index (χ1v) is 8.34. The molecular weight excluding hydrogens is 401 g/mol. The molecule has 8 heteroatoms. The Labute approximate surface area is 150 Å². The molecule has 0 spiro atoms. The number of rotatable bonds is 3. The van der Waals surface area contributed by atoms with E-state index in [9.17, 15) is 14.0 Å². The van der Waals surface area contributed by atoms with Gasteiger partial charge in [-0.3, -0.25) is 10.1 Å². The maximum absolute atomic E-state index is 14.2. The Hall–Kier alpha value is -1.99. The Balaban J connectivity index is 1.71. The molecule has 1 fully saturated rings. The summed E-state index contributed by atoms with van der Waals surface area (Å²) < 4.78 is 14.8. The molecule has 0 unspecified atom stereocenters. The van der Waals surface area contributed by atoms with Gasteiger partial charge in [0, 0.05) is 10.7 Å². The van der Waals surface area contributed by atoms with Gasteiger partial charge >= 0.3 is 6.03 Å². The summed E-state index contributed by atoms with van der Waals surface area (Å²) >= 11 is 9.16. The summed E-state index contributed by atoms with van der Waals surface area (Å²) in [6, 6.07) is 5.02. The highest BCUT2D eigenvalue weighted by atomic mass is 79.9. The lowest BCUT2D eigenvalue weighted by molar-refractivity contribution is 0.0963. The van der Waals surface area contributed by atoms with Gasteiger partial charge in [-0.1, -0.05) is 27.5 Å². The van der Waals surface area contributed by atoms with Gasteiger partial charge in [0.1, 0.15) is 5.82 Å². The Morgan fingerprint density at radius 2 is 2.08 bits per heavy atom. The van der Waals surface area contributed by atoms with Gasteiger partial charge in [-0.05, 0) is 48.6 Å². The van der Waals surface area contributed by atoms with E-state index in [0.717, 1.165) is 18.4 Å². The van der Waals surface area contributed by atoms with Gasteiger partial charge in [0.2, 0.25) is 0 Å². The molecule has 0 atom stereocenters. The molecule has 1 aliphatic carbocycles. The molecule has 0 radical (unpaired) electrons.